The zero-order valence-electron chi connectivity index (χ0n) is 12.0. The van der Waals surface area contributed by atoms with Gasteiger partial charge in [0.1, 0.15) is 5.54 Å². The number of rotatable bonds is 3. The summed E-state index contributed by atoms with van der Waals surface area (Å²) in [7, 11) is 0. The largest absolute Gasteiger partial charge is 0.377 e. The molecule has 4 nitrogen and oxygen atoms in total. The van der Waals surface area contributed by atoms with Crippen molar-refractivity contribution in [3.05, 3.63) is 0 Å². The average Bonchev–Trinajstić information content (AvgIpc) is 2.39. The van der Waals surface area contributed by atoms with E-state index in [9.17, 15) is 4.79 Å². The summed E-state index contributed by atoms with van der Waals surface area (Å²) in [6.45, 7) is 10.4. The van der Waals surface area contributed by atoms with Crippen LogP contribution in [0.25, 0.3) is 0 Å². The zero-order valence-corrected chi connectivity index (χ0v) is 12.0. The van der Waals surface area contributed by atoms with Gasteiger partial charge in [-0.1, -0.05) is 13.8 Å². The molecule has 3 atom stereocenters. The van der Waals surface area contributed by atoms with Crippen LogP contribution in [0.1, 0.15) is 40.5 Å². The fourth-order valence-corrected chi connectivity index (χ4v) is 3.78. The van der Waals surface area contributed by atoms with Gasteiger partial charge in [0.25, 0.3) is 0 Å². The molecular weight excluding hydrogens is 228 g/mol. The summed E-state index contributed by atoms with van der Waals surface area (Å²) in [5, 5.41) is 0. The number of ether oxygens (including phenoxy) is 1. The number of hydrogen-bond acceptors (Lipinski definition) is 3. The summed E-state index contributed by atoms with van der Waals surface area (Å²) < 4.78 is 5.83. The van der Waals surface area contributed by atoms with Crippen molar-refractivity contribution in [2.45, 2.75) is 52.2 Å². The molecule has 1 saturated carbocycles. The molecule has 0 aromatic rings. The predicted molar refractivity (Wildman–Crippen MR) is 71.1 cm³/mol. The molecule has 0 aromatic carbocycles. The van der Waals surface area contributed by atoms with Gasteiger partial charge in [-0.25, -0.2) is 0 Å². The molecule has 1 aliphatic heterocycles. The van der Waals surface area contributed by atoms with Gasteiger partial charge in [0, 0.05) is 31.0 Å². The third-order valence-corrected chi connectivity index (χ3v) is 5.09. The van der Waals surface area contributed by atoms with Gasteiger partial charge in [-0.3, -0.25) is 4.79 Å². The van der Waals surface area contributed by atoms with E-state index in [0.717, 1.165) is 32.5 Å². The number of hydrogen-bond donors (Lipinski definition) is 1. The molecule has 1 saturated heterocycles. The van der Waals surface area contributed by atoms with Gasteiger partial charge in [0.15, 0.2) is 0 Å². The van der Waals surface area contributed by atoms with E-state index >= 15 is 0 Å². The molecule has 0 bridgehead atoms. The van der Waals surface area contributed by atoms with Crippen LogP contribution >= 0.6 is 0 Å². The lowest BCUT2D eigenvalue weighted by molar-refractivity contribution is -0.230. The van der Waals surface area contributed by atoms with Gasteiger partial charge in [-0.2, -0.15) is 0 Å². The van der Waals surface area contributed by atoms with Crippen LogP contribution in [0.2, 0.25) is 0 Å². The minimum atomic E-state index is -0.746. The molecule has 4 heteroatoms. The molecule has 3 unspecified atom stereocenters. The summed E-state index contributed by atoms with van der Waals surface area (Å²) in [5.41, 5.74) is 5.55. The Morgan fingerprint density at radius 3 is 2.56 bits per heavy atom. The van der Waals surface area contributed by atoms with Crippen LogP contribution in [0.3, 0.4) is 0 Å². The molecule has 2 aliphatic rings. The lowest BCUT2D eigenvalue weighted by atomic mass is 9.46. The Kier molecular flexibility index (Phi) is 3.45. The van der Waals surface area contributed by atoms with E-state index in [1.54, 1.807) is 0 Å². The molecular formula is C14H26N2O2. The first-order chi connectivity index (χ1) is 8.41. The molecule has 1 heterocycles. The van der Waals surface area contributed by atoms with Gasteiger partial charge in [0.05, 0.1) is 6.10 Å². The van der Waals surface area contributed by atoms with E-state index in [0.29, 0.717) is 0 Å². The van der Waals surface area contributed by atoms with Crippen LogP contribution in [0.15, 0.2) is 0 Å². The molecule has 1 amide bonds. The summed E-state index contributed by atoms with van der Waals surface area (Å²) in [4.78, 5) is 14.6. The van der Waals surface area contributed by atoms with Crippen molar-refractivity contribution in [1.29, 1.82) is 0 Å². The van der Waals surface area contributed by atoms with Crippen molar-refractivity contribution in [3.8, 4) is 0 Å². The number of nitrogens with two attached hydrogens (primary N) is 1. The van der Waals surface area contributed by atoms with Gasteiger partial charge in [0.2, 0.25) is 5.91 Å². The Labute approximate surface area is 110 Å². The lowest BCUT2D eigenvalue weighted by Gasteiger charge is -2.65. The molecule has 0 spiro atoms. The Bertz CT molecular complexity index is 339. The van der Waals surface area contributed by atoms with Gasteiger partial charge < -0.3 is 15.4 Å². The topological polar surface area (TPSA) is 55.6 Å². The smallest absolute Gasteiger partial charge is 0.243 e. The lowest BCUT2D eigenvalue weighted by Crippen LogP contribution is -2.82. The molecule has 0 radical (unpaired) electrons. The summed E-state index contributed by atoms with van der Waals surface area (Å²) >= 11 is 0. The summed E-state index contributed by atoms with van der Waals surface area (Å²) in [6.07, 6.45) is 2.18. The molecule has 0 aromatic heterocycles. The van der Waals surface area contributed by atoms with E-state index in [-0.39, 0.29) is 23.3 Å². The van der Waals surface area contributed by atoms with Gasteiger partial charge >= 0.3 is 0 Å². The first kappa shape index (κ1) is 13.8. The van der Waals surface area contributed by atoms with Crippen LogP contribution in [0.4, 0.5) is 0 Å². The zero-order chi connectivity index (χ0) is 13.6. The SMILES string of the molecule is CCN(CC)C(=O)C1(N)C2CCCOC2C1(C)C. The van der Waals surface area contributed by atoms with E-state index in [1.165, 1.54) is 0 Å². The molecule has 1 aliphatic carbocycles. The monoisotopic (exact) mass is 254 g/mol. The van der Waals surface area contributed by atoms with Crippen molar-refractivity contribution >= 4 is 5.91 Å². The predicted octanol–water partition coefficient (Wildman–Crippen LogP) is 1.39. The summed E-state index contributed by atoms with van der Waals surface area (Å²) in [6, 6.07) is 0. The van der Waals surface area contributed by atoms with E-state index in [4.69, 9.17) is 10.5 Å². The Balaban J connectivity index is 2.26. The van der Waals surface area contributed by atoms with Crippen molar-refractivity contribution in [2.24, 2.45) is 17.1 Å². The molecule has 2 N–H and O–H groups in total. The minimum absolute atomic E-state index is 0.101. The van der Waals surface area contributed by atoms with Crippen molar-refractivity contribution in [3.63, 3.8) is 0 Å². The number of nitrogens with zero attached hydrogens (tertiary/aromatic N) is 1. The van der Waals surface area contributed by atoms with Gasteiger partial charge in [-0.15, -0.1) is 0 Å². The highest BCUT2D eigenvalue weighted by atomic mass is 16.5. The highest BCUT2D eigenvalue weighted by Crippen LogP contribution is 2.57. The van der Waals surface area contributed by atoms with E-state index < -0.39 is 5.54 Å². The number of amides is 1. The second-order valence-electron chi connectivity index (χ2n) is 6.11. The number of carbonyl (C=O) groups excluding carboxylic acids is 1. The maximum atomic E-state index is 12.7. The molecule has 2 fully saturated rings. The van der Waals surface area contributed by atoms with Crippen LogP contribution in [-0.4, -0.2) is 42.1 Å². The summed E-state index contributed by atoms with van der Waals surface area (Å²) in [5.74, 6) is 0.290. The van der Waals surface area contributed by atoms with Crippen LogP contribution in [0.5, 0.6) is 0 Å². The maximum absolute atomic E-state index is 12.7. The Hall–Kier alpha value is -0.610. The maximum Gasteiger partial charge on any atom is 0.243 e. The number of carbonyl (C=O) groups is 1. The first-order valence-corrected chi connectivity index (χ1v) is 7.11. The minimum Gasteiger partial charge on any atom is -0.377 e. The van der Waals surface area contributed by atoms with Crippen LogP contribution < -0.4 is 5.73 Å². The second-order valence-corrected chi connectivity index (χ2v) is 6.11. The molecule has 18 heavy (non-hydrogen) atoms. The Morgan fingerprint density at radius 1 is 1.39 bits per heavy atom. The third-order valence-electron chi connectivity index (χ3n) is 5.09. The fourth-order valence-electron chi connectivity index (χ4n) is 3.78. The van der Waals surface area contributed by atoms with E-state index in [2.05, 4.69) is 13.8 Å². The highest BCUT2D eigenvalue weighted by molar-refractivity contribution is 5.89. The Morgan fingerprint density at radius 2 is 2.00 bits per heavy atom. The quantitative estimate of drug-likeness (QED) is 0.828. The van der Waals surface area contributed by atoms with Crippen molar-refractivity contribution < 1.29 is 9.53 Å². The van der Waals surface area contributed by atoms with Crippen LogP contribution in [0, 0.1) is 11.3 Å². The van der Waals surface area contributed by atoms with E-state index in [1.807, 2.05) is 18.7 Å². The highest BCUT2D eigenvalue weighted by Gasteiger charge is 2.70. The number of fused-ring (bicyclic) bond motifs is 1. The van der Waals surface area contributed by atoms with Crippen molar-refractivity contribution in [2.75, 3.05) is 19.7 Å². The standard InChI is InChI=1S/C14H26N2O2/c1-5-16(6-2)12(17)14(15)10-8-7-9-18-11(10)13(14,3)4/h10-11H,5-9,15H2,1-4H3. The molecule has 2 rings (SSSR count). The number of likely N-dealkylation sites (N-methyl/N-ethyl adjacent to an activating group) is 1. The molecule has 104 valence electrons. The first-order valence-electron chi connectivity index (χ1n) is 7.11. The van der Waals surface area contributed by atoms with Crippen LogP contribution in [-0.2, 0) is 9.53 Å². The fraction of sp³-hybridized carbons (Fsp3) is 0.929. The average molecular weight is 254 g/mol. The second kappa shape index (κ2) is 4.49. The third kappa shape index (κ3) is 1.55. The van der Waals surface area contributed by atoms with Gasteiger partial charge in [-0.05, 0) is 26.7 Å². The van der Waals surface area contributed by atoms with Crippen molar-refractivity contribution in [1.82, 2.24) is 4.90 Å². The normalized spacial score (nSPS) is 37.6.